The normalized spacial score (nSPS) is 15.4. The number of nitriles is 1. The minimum atomic E-state index is -0.575. The minimum absolute atomic E-state index is 0.0532. The molecule has 29 heavy (non-hydrogen) atoms. The molecular weight excluding hydrogens is 414 g/mol. The van der Waals surface area contributed by atoms with Crippen LogP contribution in [0.5, 0.6) is 0 Å². The Morgan fingerprint density at radius 1 is 1.17 bits per heavy atom. The van der Waals surface area contributed by atoms with Crippen LogP contribution in [0.2, 0.25) is 10.0 Å². The number of anilines is 1. The van der Waals surface area contributed by atoms with E-state index in [4.69, 9.17) is 23.2 Å². The summed E-state index contributed by atoms with van der Waals surface area (Å²) in [6.45, 7) is 4.23. The van der Waals surface area contributed by atoms with Gasteiger partial charge in [0.25, 0.3) is 0 Å². The molecule has 1 aliphatic rings. The van der Waals surface area contributed by atoms with Crippen molar-refractivity contribution in [3.63, 3.8) is 0 Å². The van der Waals surface area contributed by atoms with Crippen molar-refractivity contribution in [2.75, 3.05) is 31.1 Å². The summed E-state index contributed by atoms with van der Waals surface area (Å²) in [4.78, 5) is 16.6. The van der Waals surface area contributed by atoms with Gasteiger partial charge in [0, 0.05) is 31.2 Å². The Bertz CT molecular complexity index is 947. The van der Waals surface area contributed by atoms with Crippen LogP contribution in [0.3, 0.4) is 0 Å². The van der Waals surface area contributed by atoms with Gasteiger partial charge < -0.3 is 15.1 Å². The van der Waals surface area contributed by atoms with Gasteiger partial charge in [0.15, 0.2) is 0 Å². The molecule has 0 bridgehead atoms. The molecule has 0 radical (unpaired) electrons. The van der Waals surface area contributed by atoms with Gasteiger partial charge >= 0.3 is 6.03 Å². The highest BCUT2D eigenvalue weighted by Crippen LogP contribution is 2.29. The molecule has 3 rings (SSSR count). The third kappa shape index (κ3) is 4.92. The second-order valence-corrected chi connectivity index (χ2v) is 7.73. The molecule has 0 aromatic heterocycles. The monoisotopic (exact) mass is 434 g/mol. The largest absolute Gasteiger partial charge is 0.369 e. The SMILES string of the molecule is CC(NC(=O)N1CCCN(c2ccccc2C#N)CC1)c1cc(F)c(Cl)cc1Cl. The molecule has 5 nitrogen and oxygen atoms in total. The maximum absolute atomic E-state index is 13.8. The third-order valence-electron chi connectivity index (χ3n) is 4.99. The summed E-state index contributed by atoms with van der Waals surface area (Å²) in [6.07, 6.45) is 0.776. The van der Waals surface area contributed by atoms with Crippen molar-refractivity contribution >= 4 is 34.9 Å². The number of nitrogens with zero attached hydrogens (tertiary/aromatic N) is 3. The lowest BCUT2D eigenvalue weighted by atomic mass is 10.1. The Kier molecular flexibility index (Phi) is 6.83. The molecule has 0 aliphatic carbocycles. The highest BCUT2D eigenvalue weighted by atomic mass is 35.5. The van der Waals surface area contributed by atoms with E-state index in [1.165, 1.54) is 12.1 Å². The topological polar surface area (TPSA) is 59.4 Å². The first-order chi connectivity index (χ1) is 13.9. The molecule has 1 fully saturated rings. The van der Waals surface area contributed by atoms with Gasteiger partial charge in [-0.15, -0.1) is 0 Å². The highest BCUT2D eigenvalue weighted by Gasteiger charge is 2.23. The van der Waals surface area contributed by atoms with Crippen LogP contribution in [0.15, 0.2) is 36.4 Å². The average molecular weight is 435 g/mol. The number of amides is 2. The van der Waals surface area contributed by atoms with Gasteiger partial charge in [-0.3, -0.25) is 0 Å². The van der Waals surface area contributed by atoms with E-state index in [1.54, 1.807) is 17.9 Å². The summed E-state index contributed by atoms with van der Waals surface area (Å²) in [5.41, 5.74) is 1.98. The van der Waals surface area contributed by atoms with Crippen molar-refractivity contribution in [2.24, 2.45) is 0 Å². The van der Waals surface area contributed by atoms with Crippen molar-refractivity contribution in [3.05, 3.63) is 63.4 Å². The molecule has 2 aromatic rings. The van der Waals surface area contributed by atoms with Crippen LogP contribution >= 0.6 is 23.2 Å². The van der Waals surface area contributed by atoms with E-state index < -0.39 is 11.9 Å². The van der Waals surface area contributed by atoms with Crippen LogP contribution in [-0.4, -0.2) is 37.1 Å². The van der Waals surface area contributed by atoms with Crippen molar-refractivity contribution in [3.8, 4) is 6.07 Å². The van der Waals surface area contributed by atoms with E-state index in [1.807, 2.05) is 18.2 Å². The Balaban J connectivity index is 1.65. The summed E-state index contributed by atoms with van der Waals surface area (Å²) < 4.78 is 13.8. The van der Waals surface area contributed by atoms with E-state index in [0.717, 1.165) is 18.7 Å². The fourth-order valence-electron chi connectivity index (χ4n) is 3.43. The number of hydrogen-bond acceptors (Lipinski definition) is 3. The van der Waals surface area contributed by atoms with E-state index in [0.29, 0.717) is 35.8 Å². The van der Waals surface area contributed by atoms with Gasteiger partial charge in [0.2, 0.25) is 0 Å². The lowest BCUT2D eigenvalue weighted by Crippen LogP contribution is -2.43. The number of rotatable bonds is 3. The molecule has 152 valence electrons. The molecule has 2 amide bonds. The van der Waals surface area contributed by atoms with Crippen molar-refractivity contribution in [1.29, 1.82) is 5.26 Å². The summed E-state index contributed by atoms with van der Waals surface area (Å²) in [5, 5.41) is 12.5. The van der Waals surface area contributed by atoms with Crippen LogP contribution in [0.25, 0.3) is 0 Å². The summed E-state index contributed by atoms with van der Waals surface area (Å²) in [7, 11) is 0. The number of para-hydroxylation sites is 1. The van der Waals surface area contributed by atoms with Gasteiger partial charge in [-0.2, -0.15) is 5.26 Å². The zero-order valence-electron chi connectivity index (χ0n) is 16.0. The third-order valence-corrected chi connectivity index (χ3v) is 5.61. The number of urea groups is 1. The van der Waals surface area contributed by atoms with Gasteiger partial charge in [-0.1, -0.05) is 35.3 Å². The fourth-order valence-corrected chi connectivity index (χ4v) is 3.98. The van der Waals surface area contributed by atoms with E-state index in [9.17, 15) is 14.4 Å². The van der Waals surface area contributed by atoms with Crippen LogP contribution in [0.4, 0.5) is 14.9 Å². The zero-order valence-corrected chi connectivity index (χ0v) is 17.5. The van der Waals surface area contributed by atoms with Crippen LogP contribution in [-0.2, 0) is 0 Å². The molecule has 0 saturated carbocycles. The molecule has 8 heteroatoms. The van der Waals surface area contributed by atoms with Gasteiger partial charge in [-0.25, -0.2) is 9.18 Å². The molecule has 1 N–H and O–H groups in total. The zero-order chi connectivity index (χ0) is 21.0. The van der Waals surface area contributed by atoms with Crippen molar-refractivity contribution in [1.82, 2.24) is 10.2 Å². The maximum atomic E-state index is 13.8. The second-order valence-electron chi connectivity index (χ2n) is 6.92. The Morgan fingerprint density at radius 3 is 2.69 bits per heavy atom. The van der Waals surface area contributed by atoms with E-state index in [-0.39, 0.29) is 11.1 Å². The summed E-state index contributed by atoms with van der Waals surface area (Å²) in [5.74, 6) is -0.575. The number of nitrogens with one attached hydrogen (secondary N) is 1. The van der Waals surface area contributed by atoms with Crippen LogP contribution in [0, 0.1) is 17.1 Å². The van der Waals surface area contributed by atoms with Gasteiger partial charge in [0.05, 0.1) is 22.3 Å². The van der Waals surface area contributed by atoms with Gasteiger partial charge in [0.1, 0.15) is 11.9 Å². The predicted octanol–water partition coefficient (Wildman–Crippen LogP) is 4.99. The Morgan fingerprint density at radius 2 is 1.93 bits per heavy atom. The predicted molar refractivity (Wildman–Crippen MR) is 113 cm³/mol. The highest BCUT2D eigenvalue weighted by molar-refractivity contribution is 6.35. The first-order valence-electron chi connectivity index (χ1n) is 9.34. The molecule has 1 saturated heterocycles. The minimum Gasteiger partial charge on any atom is -0.369 e. The average Bonchev–Trinajstić information content (AvgIpc) is 2.96. The number of halogens is 3. The molecule has 1 atom stereocenters. The number of hydrogen-bond donors (Lipinski definition) is 1. The number of benzene rings is 2. The maximum Gasteiger partial charge on any atom is 0.317 e. The quantitative estimate of drug-likeness (QED) is 0.692. The van der Waals surface area contributed by atoms with Crippen molar-refractivity contribution < 1.29 is 9.18 Å². The molecule has 1 heterocycles. The standard InChI is InChI=1S/C21H21Cl2FN4O/c1-14(16-11-19(24)18(23)12-17(16)22)26-21(29)28-8-4-7-27(9-10-28)20-6-3-2-5-15(20)13-25/h2-3,5-6,11-12,14H,4,7-10H2,1H3,(H,26,29). The Hall–Kier alpha value is -2.49. The molecule has 2 aromatic carbocycles. The molecular formula is C21H21Cl2FN4O. The first kappa shape index (κ1) is 21.2. The number of carbonyl (C=O) groups excluding carboxylic acids is 1. The lowest BCUT2D eigenvalue weighted by molar-refractivity contribution is 0.198. The number of carbonyl (C=O) groups is 1. The first-order valence-corrected chi connectivity index (χ1v) is 10.1. The van der Waals surface area contributed by atoms with Gasteiger partial charge in [-0.05, 0) is 43.2 Å². The summed E-state index contributed by atoms with van der Waals surface area (Å²) >= 11 is 11.9. The lowest BCUT2D eigenvalue weighted by Gasteiger charge is -2.26. The van der Waals surface area contributed by atoms with E-state index >= 15 is 0 Å². The molecule has 0 spiro atoms. The smallest absolute Gasteiger partial charge is 0.317 e. The second kappa shape index (κ2) is 9.34. The van der Waals surface area contributed by atoms with E-state index in [2.05, 4.69) is 16.3 Å². The van der Waals surface area contributed by atoms with Crippen LogP contribution in [0.1, 0.15) is 30.5 Å². The van der Waals surface area contributed by atoms with Crippen LogP contribution < -0.4 is 10.2 Å². The summed E-state index contributed by atoms with van der Waals surface area (Å²) in [6, 6.07) is 11.6. The van der Waals surface area contributed by atoms with Crippen molar-refractivity contribution in [2.45, 2.75) is 19.4 Å². The molecule has 1 aliphatic heterocycles. The fraction of sp³-hybridized carbons (Fsp3) is 0.333. The molecule has 1 unspecified atom stereocenters. The Labute approximate surface area is 179 Å².